The summed E-state index contributed by atoms with van der Waals surface area (Å²) in [7, 11) is 0. The normalized spacial score (nSPS) is 32.3. The molecule has 8 nitrogen and oxygen atoms in total. The van der Waals surface area contributed by atoms with Crippen molar-refractivity contribution in [1.82, 2.24) is 24.7 Å². The number of H-pyrrole nitrogens is 1. The van der Waals surface area contributed by atoms with E-state index in [1.165, 1.54) is 29.3 Å². The third kappa shape index (κ3) is 3.56. The molecule has 0 radical (unpaired) electrons. The number of rotatable bonds is 6. The van der Waals surface area contributed by atoms with Crippen molar-refractivity contribution in [3.05, 3.63) is 47.2 Å². The van der Waals surface area contributed by atoms with Gasteiger partial charge in [0.15, 0.2) is 11.8 Å². The lowest BCUT2D eigenvalue weighted by Gasteiger charge is -2.35. The number of para-hydroxylation sites is 1. The molecule has 3 aromatic rings. The van der Waals surface area contributed by atoms with Crippen LogP contribution in [0.5, 0.6) is 11.8 Å². The van der Waals surface area contributed by atoms with Gasteiger partial charge in [-0.2, -0.15) is 0 Å². The number of fused-ring (bicyclic) bond motifs is 6. The summed E-state index contributed by atoms with van der Waals surface area (Å²) in [5.41, 5.74) is 4.57. The van der Waals surface area contributed by atoms with Gasteiger partial charge in [0.2, 0.25) is 0 Å². The van der Waals surface area contributed by atoms with Crippen molar-refractivity contribution in [2.75, 3.05) is 32.7 Å². The first-order valence-corrected chi connectivity index (χ1v) is 15.0. The third-order valence-corrected chi connectivity index (χ3v) is 11.0. The van der Waals surface area contributed by atoms with Gasteiger partial charge >= 0.3 is 6.03 Å². The van der Waals surface area contributed by atoms with Crippen molar-refractivity contribution < 1.29 is 15.0 Å². The van der Waals surface area contributed by atoms with E-state index in [2.05, 4.69) is 52.6 Å². The zero-order chi connectivity index (χ0) is 26.4. The second-order valence-electron chi connectivity index (χ2n) is 12.9. The molecule has 5 aliphatic rings. The van der Waals surface area contributed by atoms with Gasteiger partial charge in [0, 0.05) is 66.4 Å². The van der Waals surface area contributed by atoms with Crippen LogP contribution in [-0.4, -0.2) is 74.4 Å². The molecule has 6 atom stereocenters. The molecule has 2 aromatic heterocycles. The highest BCUT2D eigenvalue weighted by atomic mass is 16.3. The van der Waals surface area contributed by atoms with Crippen molar-refractivity contribution in [2.45, 2.75) is 62.9 Å². The molecule has 2 amide bonds. The zero-order valence-corrected chi connectivity index (χ0v) is 22.6. The lowest BCUT2D eigenvalue weighted by Crippen LogP contribution is -2.44. The molecule has 4 N–H and O–H groups in total. The second kappa shape index (κ2) is 8.68. The number of carbonyl (C=O) groups excluding carboxylic acids is 1. The maximum absolute atomic E-state index is 12.4. The Morgan fingerprint density at radius 1 is 0.949 bits per heavy atom. The summed E-state index contributed by atoms with van der Waals surface area (Å²) in [4.78, 5) is 20.5. The molecular weight excluding hydrogens is 490 g/mol. The number of nitrogens with zero attached hydrogens (tertiary/aromatic N) is 3. The number of benzene rings is 1. The summed E-state index contributed by atoms with van der Waals surface area (Å²) in [6.45, 7) is 7.68. The molecule has 39 heavy (non-hydrogen) atoms. The summed E-state index contributed by atoms with van der Waals surface area (Å²) >= 11 is 0. The van der Waals surface area contributed by atoms with Crippen LogP contribution in [0.2, 0.25) is 0 Å². The second-order valence-corrected chi connectivity index (χ2v) is 12.9. The van der Waals surface area contributed by atoms with Crippen LogP contribution in [0.25, 0.3) is 10.9 Å². The van der Waals surface area contributed by atoms with Gasteiger partial charge in [-0.15, -0.1) is 0 Å². The van der Waals surface area contributed by atoms with Gasteiger partial charge in [-0.25, -0.2) is 4.79 Å². The fraction of sp³-hybridized carbons (Fsp3) is 0.581. The predicted octanol–water partition coefficient (Wildman–Crippen LogP) is 4.51. The smallest absolute Gasteiger partial charge is 0.317 e. The van der Waals surface area contributed by atoms with Crippen molar-refractivity contribution in [3.63, 3.8) is 0 Å². The minimum Gasteiger partial charge on any atom is -0.494 e. The van der Waals surface area contributed by atoms with Crippen LogP contribution in [0.3, 0.4) is 0 Å². The fourth-order valence-corrected chi connectivity index (χ4v) is 8.89. The molecule has 6 unspecified atom stereocenters. The molecule has 8 rings (SSSR count). The van der Waals surface area contributed by atoms with Crippen molar-refractivity contribution in [1.29, 1.82) is 0 Å². The molecule has 8 heteroatoms. The number of carbonyl (C=O) groups is 1. The Bertz CT molecular complexity index is 1440. The Balaban J connectivity index is 0.911. The first-order valence-electron chi connectivity index (χ1n) is 15.0. The lowest BCUT2D eigenvalue weighted by atomic mass is 9.82. The van der Waals surface area contributed by atoms with Crippen LogP contribution in [0.1, 0.15) is 67.1 Å². The third-order valence-electron chi connectivity index (χ3n) is 11.0. The molecule has 2 saturated heterocycles. The van der Waals surface area contributed by atoms with Crippen molar-refractivity contribution in [2.24, 2.45) is 17.8 Å². The number of urea groups is 1. The highest BCUT2D eigenvalue weighted by Crippen LogP contribution is 2.63. The van der Waals surface area contributed by atoms with Crippen LogP contribution in [-0.2, 0) is 6.54 Å². The number of piperidine rings is 1. The number of aromatic nitrogens is 2. The van der Waals surface area contributed by atoms with E-state index in [0.717, 1.165) is 50.1 Å². The highest BCUT2D eigenvalue weighted by molar-refractivity contribution is 5.83. The van der Waals surface area contributed by atoms with Gasteiger partial charge in [0.05, 0.1) is 0 Å². The molecule has 206 valence electrons. The van der Waals surface area contributed by atoms with E-state index >= 15 is 0 Å². The average Bonchev–Trinajstić information content (AvgIpc) is 3.40. The quantitative estimate of drug-likeness (QED) is 0.378. The van der Waals surface area contributed by atoms with E-state index in [1.54, 1.807) is 4.57 Å². The monoisotopic (exact) mass is 529 g/mol. The predicted molar refractivity (Wildman–Crippen MR) is 149 cm³/mol. The highest BCUT2D eigenvalue weighted by Gasteiger charge is 2.56. The summed E-state index contributed by atoms with van der Waals surface area (Å²) in [5.74, 6) is 2.88. The van der Waals surface area contributed by atoms with E-state index in [9.17, 15) is 15.0 Å². The van der Waals surface area contributed by atoms with E-state index in [-0.39, 0.29) is 41.6 Å². The summed E-state index contributed by atoms with van der Waals surface area (Å²) in [6, 6.07) is 8.73. The van der Waals surface area contributed by atoms with Crippen LogP contribution in [0.15, 0.2) is 30.5 Å². The molecule has 0 spiro atoms. The van der Waals surface area contributed by atoms with E-state index in [1.807, 2.05) is 4.90 Å². The maximum Gasteiger partial charge on any atom is 0.317 e. The van der Waals surface area contributed by atoms with Crippen molar-refractivity contribution >= 4 is 16.9 Å². The zero-order valence-electron chi connectivity index (χ0n) is 22.6. The van der Waals surface area contributed by atoms with Gasteiger partial charge in [-0.05, 0) is 80.0 Å². The number of amides is 2. The summed E-state index contributed by atoms with van der Waals surface area (Å²) < 4.78 is 1.79. The first-order chi connectivity index (χ1) is 19.0. The Hall–Kier alpha value is -3.13. The van der Waals surface area contributed by atoms with E-state index < -0.39 is 0 Å². The van der Waals surface area contributed by atoms with Gasteiger partial charge in [-0.3, -0.25) is 4.57 Å². The molecule has 4 heterocycles. The lowest BCUT2D eigenvalue weighted by molar-refractivity contribution is 0.172. The molecule has 3 aliphatic carbocycles. The Labute approximate surface area is 229 Å². The summed E-state index contributed by atoms with van der Waals surface area (Å²) in [5, 5.41) is 26.9. The van der Waals surface area contributed by atoms with Crippen LogP contribution < -0.4 is 5.32 Å². The average molecular weight is 530 g/mol. The minimum absolute atomic E-state index is 0.00963. The largest absolute Gasteiger partial charge is 0.494 e. The van der Waals surface area contributed by atoms with E-state index in [0.29, 0.717) is 30.8 Å². The summed E-state index contributed by atoms with van der Waals surface area (Å²) in [6.07, 6.45) is 6.68. The molecular formula is C31H39N5O3. The van der Waals surface area contributed by atoms with Gasteiger partial charge in [0.1, 0.15) is 0 Å². The molecule has 2 bridgehead atoms. The number of likely N-dealkylation sites (tertiary alicyclic amines) is 1. The first kappa shape index (κ1) is 23.7. The van der Waals surface area contributed by atoms with E-state index in [4.69, 9.17) is 0 Å². The number of hydrogen-bond acceptors (Lipinski definition) is 4. The standard InChI is InChI=1S/C31H39N5O3/c1-17-22-13-23(28(17)35-11-8-32-31(35)39)27-26(22)29(37)36(30(27)38)16-20-12-19(20)15-34-9-6-18(7-10-34)24-14-33-25-5-3-2-4-21(24)25/h2-5,14,17-20,22-23,28,33,37-38H,6-13,15-16H2,1H3,(H,32,39). The van der Waals surface area contributed by atoms with Crippen LogP contribution >= 0.6 is 0 Å². The van der Waals surface area contributed by atoms with Gasteiger partial charge in [-0.1, -0.05) is 25.1 Å². The Morgan fingerprint density at radius 3 is 2.46 bits per heavy atom. The number of aromatic amines is 1. The molecule has 2 aliphatic heterocycles. The molecule has 2 saturated carbocycles. The molecule has 1 aromatic carbocycles. The molecule has 4 fully saturated rings. The van der Waals surface area contributed by atoms with Crippen molar-refractivity contribution in [3.8, 4) is 11.8 Å². The van der Waals surface area contributed by atoms with Crippen LogP contribution in [0, 0.1) is 17.8 Å². The number of nitrogens with one attached hydrogen (secondary N) is 2. The topological polar surface area (TPSA) is 96.8 Å². The van der Waals surface area contributed by atoms with Crippen LogP contribution in [0.4, 0.5) is 4.79 Å². The Morgan fingerprint density at radius 2 is 1.69 bits per heavy atom. The van der Waals surface area contributed by atoms with Gasteiger partial charge in [0.25, 0.3) is 0 Å². The SMILES string of the molecule is CC1C2CC(c3c2c(O)n(CC2CC2CN2CCC(c4c[nH]c5ccccc45)CC2)c3O)C1N1CCNC1=O. The maximum atomic E-state index is 12.4. The number of aromatic hydroxyl groups is 2. The number of hydrogen-bond donors (Lipinski definition) is 4. The Kier molecular flexibility index (Phi) is 5.28. The minimum atomic E-state index is 0.00963. The van der Waals surface area contributed by atoms with Gasteiger partial charge < -0.3 is 30.3 Å². The fourth-order valence-electron chi connectivity index (χ4n) is 8.89.